The molecule has 3 rings (SSSR count). The molecule has 0 bridgehead atoms. The van der Waals surface area contributed by atoms with Crippen molar-refractivity contribution < 1.29 is 23.5 Å². The van der Waals surface area contributed by atoms with Gasteiger partial charge in [-0.25, -0.2) is 9.18 Å². The molecule has 7 heteroatoms. The number of Topliss-reactive ketones (excluding diaryl/α,β-unsaturated/α-hetero) is 1. The number of hydrogen-bond acceptors (Lipinski definition) is 4. The predicted octanol–water partition coefficient (Wildman–Crippen LogP) is 2.52. The fourth-order valence-corrected chi connectivity index (χ4v) is 3.54. The van der Waals surface area contributed by atoms with E-state index in [4.69, 9.17) is 4.74 Å². The van der Waals surface area contributed by atoms with Crippen molar-refractivity contribution in [3.8, 4) is 5.75 Å². The minimum Gasteiger partial charge on any atom is -0.496 e. The summed E-state index contributed by atoms with van der Waals surface area (Å²) in [5.74, 6) is -0.768. The number of imide groups is 1. The van der Waals surface area contributed by atoms with Gasteiger partial charge >= 0.3 is 6.03 Å². The second-order valence-electron chi connectivity index (χ2n) is 6.85. The number of amides is 3. The lowest BCUT2D eigenvalue weighted by Gasteiger charge is -2.33. The molecule has 134 valence electrons. The number of carbonyl (C=O) groups excluding carboxylic acids is 3. The lowest BCUT2D eigenvalue weighted by atomic mass is 9.77. The summed E-state index contributed by atoms with van der Waals surface area (Å²) in [6.07, 6.45) is 2.86. The first kappa shape index (κ1) is 17.4. The van der Waals surface area contributed by atoms with Gasteiger partial charge in [0.05, 0.1) is 19.2 Å². The standard InChI is InChI=1S/C18H21FN2O4/c1-11-5-7-18(8-6-11)16(23)21(17(24)20-18)10-14(22)13-9-12(19)3-4-15(13)25-2/h3-4,9,11H,5-8,10H2,1-2H3,(H,20,24). The van der Waals surface area contributed by atoms with E-state index in [1.54, 1.807) is 0 Å². The highest BCUT2D eigenvalue weighted by Crippen LogP contribution is 2.36. The van der Waals surface area contributed by atoms with E-state index in [1.165, 1.54) is 19.2 Å². The molecule has 0 atom stereocenters. The van der Waals surface area contributed by atoms with Gasteiger partial charge < -0.3 is 10.1 Å². The van der Waals surface area contributed by atoms with Crippen LogP contribution in [0.25, 0.3) is 0 Å². The maximum Gasteiger partial charge on any atom is 0.325 e. The molecule has 1 saturated heterocycles. The van der Waals surface area contributed by atoms with Gasteiger partial charge in [0.25, 0.3) is 5.91 Å². The molecular weight excluding hydrogens is 327 g/mol. The van der Waals surface area contributed by atoms with Crippen LogP contribution < -0.4 is 10.1 Å². The number of halogens is 1. The maximum atomic E-state index is 13.5. The Hall–Kier alpha value is -2.44. The third-order valence-electron chi connectivity index (χ3n) is 5.14. The molecule has 1 aromatic rings. The Morgan fingerprint density at radius 1 is 1.36 bits per heavy atom. The Bertz CT molecular complexity index is 726. The fourth-order valence-electron chi connectivity index (χ4n) is 3.54. The quantitative estimate of drug-likeness (QED) is 0.670. The molecule has 6 nitrogen and oxygen atoms in total. The van der Waals surface area contributed by atoms with Crippen molar-refractivity contribution in [2.24, 2.45) is 5.92 Å². The Kier molecular flexibility index (Phi) is 4.49. The van der Waals surface area contributed by atoms with Crippen LogP contribution in [0.1, 0.15) is 43.0 Å². The average molecular weight is 348 g/mol. The van der Waals surface area contributed by atoms with E-state index in [0.717, 1.165) is 23.8 Å². The normalized spacial score (nSPS) is 26.0. The summed E-state index contributed by atoms with van der Waals surface area (Å²) >= 11 is 0. The summed E-state index contributed by atoms with van der Waals surface area (Å²) < 4.78 is 18.5. The van der Waals surface area contributed by atoms with E-state index < -0.39 is 29.7 Å². The average Bonchev–Trinajstić information content (AvgIpc) is 2.82. The molecule has 1 spiro atoms. The van der Waals surface area contributed by atoms with Crippen molar-refractivity contribution in [2.75, 3.05) is 13.7 Å². The minimum atomic E-state index is -0.893. The van der Waals surface area contributed by atoms with Gasteiger partial charge in [-0.3, -0.25) is 14.5 Å². The molecule has 1 aliphatic heterocycles. The van der Waals surface area contributed by atoms with Crippen LogP contribution in [-0.2, 0) is 4.79 Å². The van der Waals surface area contributed by atoms with Gasteiger partial charge in [-0.05, 0) is 49.8 Å². The van der Waals surface area contributed by atoms with Crippen LogP contribution in [0.15, 0.2) is 18.2 Å². The van der Waals surface area contributed by atoms with E-state index in [2.05, 4.69) is 12.2 Å². The highest BCUT2D eigenvalue weighted by molar-refractivity contribution is 6.11. The molecule has 1 aromatic carbocycles. The van der Waals surface area contributed by atoms with Gasteiger partial charge in [-0.1, -0.05) is 6.92 Å². The topological polar surface area (TPSA) is 75.7 Å². The van der Waals surface area contributed by atoms with E-state index >= 15 is 0 Å². The highest BCUT2D eigenvalue weighted by atomic mass is 19.1. The molecular formula is C18H21FN2O4. The smallest absolute Gasteiger partial charge is 0.325 e. The third kappa shape index (κ3) is 3.10. The van der Waals surface area contributed by atoms with E-state index in [-0.39, 0.29) is 17.2 Å². The van der Waals surface area contributed by atoms with Crippen molar-refractivity contribution in [1.82, 2.24) is 10.2 Å². The second kappa shape index (κ2) is 6.46. The van der Waals surface area contributed by atoms with Crippen molar-refractivity contribution in [2.45, 2.75) is 38.1 Å². The lowest BCUT2D eigenvalue weighted by molar-refractivity contribution is -0.132. The number of rotatable bonds is 4. The van der Waals surface area contributed by atoms with Gasteiger partial charge in [-0.15, -0.1) is 0 Å². The molecule has 25 heavy (non-hydrogen) atoms. The Morgan fingerprint density at radius 3 is 2.68 bits per heavy atom. The van der Waals surface area contributed by atoms with Crippen molar-refractivity contribution in [3.63, 3.8) is 0 Å². The van der Waals surface area contributed by atoms with E-state index in [1.807, 2.05) is 0 Å². The van der Waals surface area contributed by atoms with Crippen LogP contribution >= 0.6 is 0 Å². The zero-order valence-electron chi connectivity index (χ0n) is 14.3. The third-order valence-corrected chi connectivity index (χ3v) is 5.14. The second-order valence-corrected chi connectivity index (χ2v) is 6.85. The van der Waals surface area contributed by atoms with Gasteiger partial charge in [0.15, 0.2) is 5.78 Å². The monoisotopic (exact) mass is 348 g/mol. The zero-order valence-corrected chi connectivity index (χ0v) is 14.3. The molecule has 3 amide bonds. The van der Waals surface area contributed by atoms with Gasteiger partial charge in [-0.2, -0.15) is 0 Å². The summed E-state index contributed by atoms with van der Waals surface area (Å²) in [4.78, 5) is 38.5. The molecule has 1 N–H and O–H groups in total. The molecule has 0 aromatic heterocycles. The summed E-state index contributed by atoms with van der Waals surface area (Å²) in [5.41, 5.74) is -0.878. The van der Waals surface area contributed by atoms with Crippen molar-refractivity contribution >= 4 is 17.7 Å². The van der Waals surface area contributed by atoms with Crippen LogP contribution in [0.4, 0.5) is 9.18 Å². The Labute approximate surface area is 145 Å². The first-order valence-corrected chi connectivity index (χ1v) is 8.37. The Morgan fingerprint density at radius 2 is 2.04 bits per heavy atom. The molecule has 0 radical (unpaired) electrons. The molecule has 1 saturated carbocycles. The predicted molar refractivity (Wildman–Crippen MR) is 87.9 cm³/mol. The van der Waals surface area contributed by atoms with Gasteiger partial charge in [0.1, 0.15) is 17.1 Å². The maximum absolute atomic E-state index is 13.5. The van der Waals surface area contributed by atoms with Crippen molar-refractivity contribution in [1.29, 1.82) is 0 Å². The molecule has 1 heterocycles. The SMILES string of the molecule is COc1ccc(F)cc1C(=O)CN1C(=O)NC2(CCC(C)CC2)C1=O. The Balaban J connectivity index is 1.79. The van der Waals surface area contributed by atoms with Gasteiger partial charge in [0.2, 0.25) is 0 Å². The molecule has 2 aliphatic rings. The molecule has 0 unspecified atom stereocenters. The molecule has 2 fully saturated rings. The summed E-state index contributed by atoms with van der Waals surface area (Å²) in [6.45, 7) is 1.69. The fraction of sp³-hybridized carbons (Fsp3) is 0.500. The van der Waals surface area contributed by atoms with E-state index in [0.29, 0.717) is 18.8 Å². The number of methoxy groups -OCH3 is 1. The highest BCUT2D eigenvalue weighted by Gasteiger charge is 2.52. The van der Waals surface area contributed by atoms with Crippen LogP contribution in [0.3, 0.4) is 0 Å². The summed E-state index contributed by atoms with van der Waals surface area (Å²) in [7, 11) is 1.37. The van der Waals surface area contributed by atoms with Crippen LogP contribution in [0.5, 0.6) is 5.75 Å². The first-order valence-electron chi connectivity index (χ1n) is 8.37. The number of urea groups is 1. The lowest BCUT2D eigenvalue weighted by Crippen LogP contribution is -2.49. The summed E-state index contributed by atoms with van der Waals surface area (Å²) in [5, 5.41) is 2.77. The number of benzene rings is 1. The number of nitrogens with one attached hydrogen (secondary N) is 1. The minimum absolute atomic E-state index is 0.0151. The van der Waals surface area contributed by atoms with Gasteiger partial charge in [0, 0.05) is 0 Å². The summed E-state index contributed by atoms with van der Waals surface area (Å²) in [6, 6.07) is 3.01. The number of hydrogen-bond donors (Lipinski definition) is 1. The first-order chi connectivity index (χ1) is 11.9. The van der Waals surface area contributed by atoms with Crippen LogP contribution in [-0.4, -0.2) is 41.8 Å². The number of ether oxygens (including phenoxy) is 1. The number of carbonyl (C=O) groups is 3. The van der Waals surface area contributed by atoms with Crippen LogP contribution in [0.2, 0.25) is 0 Å². The van der Waals surface area contributed by atoms with E-state index in [9.17, 15) is 18.8 Å². The largest absolute Gasteiger partial charge is 0.496 e. The number of ketones is 1. The zero-order chi connectivity index (χ0) is 18.2. The number of nitrogens with zero attached hydrogens (tertiary/aromatic N) is 1. The van der Waals surface area contributed by atoms with Crippen LogP contribution in [0, 0.1) is 11.7 Å². The van der Waals surface area contributed by atoms with Crippen molar-refractivity contribution in [3.05, 3.63) is 29.6 Å². The molecule has 1 aliphatic carbocycles.